The summed E-state index contributed by atoms with van der Waals surface area (Å²) in [6.45, 7) is 4.07. The third-order valence-corrected chi connectivity index (χ3v) is 3.41. The van der Waals surface area contributed by atoms with Crippen molar-refractivity contribution in [1.82, 2.24) is 14.8 Å². The molecular formula is C13H19N3O2. The minimum Gasteiger partial charge on any atom is -0.481 e. The van der Waals surface area contributed by atoms with Crippen LogP contribution < -0.4 is 0 Å². The monoisotopic (exact) mass is 249 g/mol. The van der Waals surface area contributed by atoms with Crippen molar-refractivity contribution >= 4 is 5.97 Å². The Kier molecular flexibility index (Phi) is 3.50. The third kappa shape index (κ3) is 2.30. The molecule has 0 aromatic carbocycles. The zero-order valence-electron chi connectivity index (χ0n) is 11.0. The lowest BCUT2D eigenvalue weighted by Gasteiger charge is -2.23. The molecule has 2 rings (SSSR count). The molecule has 0 spiro atoms. The maximum atomic E-state index is 11.3. The number of hydrogen-bond donors (Lipinski definition) is 1. The number of rotatable bonds is 3. The number of allylic oxidation sites excluding steroid dienone is 2. The lowest BCUT2D eigenvalue weighted by Crippen LogP contribution is -2.25. The molecule has 0 saturated carbocycles. The predicted molar refractivity (Wildman–Crippen MR) is 67.3 cm³/mol. The smallest absolute Gasteiger partial charge is 0.307 e. The minimum atomic E-state index is -0.751. The van der Waals surface area contributed by atoms with Crippen LogP contribution in [0.4, 0.5) is 0 Å². The van der Waals surface area contributed by atoms with Crippen LogP contribution >= 0.6 is 0 Å². The van der Waals surface area contributed by atoms with Gasteiger partial charge in [0.25, 0.3) is 0 Å². The van der Waals surface area contributed by atoms with Crippen molar-refractivity contribution in [3.05, 3.63) is 23.8 Å². The Balaban J connectivity index is 2.34. The topological polar surface area (TPSA) is 68.0 Å². The molecule has 1 aromatic rings. The van der Waals surface area contributed by atoms with Crippen molar-refractivity contribution in [2.45, 2.75) is 38.5 Å². The van der Waals surface area contributed by atoms with E-state index < -0.39 is 11.9 Å². The second-order valence-electron chi connectivity index (χ2n) is 5.10. The summed E-state index contributed by atoms with van der Waals surface area (Å²) in [6.07, 6.45) is 5.27. The molecule has 0 fully saturated rings. The quantitative estimate of drug-likeness (QED) is 0.833. The van der Waals surface area contributed by atoms with E-state index in [1.165, 1.54) is 0 Å². The summed E-state index contributed by atoms with van der Waals surface area (Å²) in [5, 5.41) is 13.7. The molecule has 1 N–H and O–H groups in total. The Morgan fingerprint density at radius 1 is 1.44 bits per heavy atom. The fourth-order valence-corrected chi connectivity index (χ4v) is 2.36. The summed E-state index contributed by atoms with van der Waals surface area (Å²) in [7, 11) is 1.84. The first-order valence-corrected chi connectivity index (χ1v) is 6.29. The maximum absolute atomic E-state index is 11.3. The van der Waals surface area contributed by atoms with Crippen LogP contribution in [0.25, 0.3) is 0 Å². The van der Waals surface area contributed by atoms with Crippen LogP contribution in [0.15, 0.2) is 12.2 Å². The van der Waals surface area contributed by atoms with Crippen LogP contribution in [0, 0.1) is 5.92 Å². The van der Waals surface area contributed by atoms with Crippen molar-refractivity contribution in [2.75, 3.05) is 0 Å². The molecule has 1 heterocycles. The first kappa shape index (κ1) is 12.8. The van der Waals surface area contributed by atoms with Crippen molar-refractivity contribution in [3.8, 4) is 0 Å². The number of aliphatic carboxylic acids is 1. The molecule has 0 bridgehead atoms. The molecule has 1 aliphatic rings. The van der Waals surface area contributed by atoms with Crippen LogP contribution in [0.1, 0.15) is 50.2 Å². The van der Waals surface area contributed by atoms with Crippen molar-refractivity contribution in [2.24, 2.45) is 13.0 Å². The molecule has 0 amide bonds. The highest BCUT2D eigenvalue weighted by atomic mass is 16.4. The number of carbonyl (C=O) groups is 1. The molecule has 18 heavy (non-hydrogen) atoms. The summed E-state index contributed by atoms with van der Waals surface area (Å²) < 4.78 is 1.73. The van der Waals surface area contributed by atoms with Gasteiger partial charge in [-0.2, -0.15) is 5.10 Å². The molecule has 98 valence electrons. The zero-order valence-corrected chi connectivity index (χ0v) is 11.0. The normalized spacial score (nSPS) is 23.6. The third-order valence-electron chi connectivity index (χ3n) is 3.41. The first-order chi connectivity index (χ1) is 8.50. The van der Waals surface area contributed by atoms with Crippen LogP contribution in [-0.4, -0.2) is 25.8 Å². The fraction of sp³-hybridized carbons (Fsp3) is 0.615. The van der Waals surface area contributed by atoms with E-state index in [2.05, 4.69) is 10.1 Å². The highest BCUT2D eigenvalue weighted by molar-refractivity contribution is 5.71. The zero-order chi connectivity index (χ0) is 13.3. The lowest BCUT2D eigenvalue weighted by atomic mass is 9.82. The fourth-order valence-electron chi connectivity index (χ4n) is 2.36. The van der Waals surface area contributed by atoms with Gasteiger partial charge in [-0.15, -0.1) is 0 Å². The summed E-state index contributed by atoms with van der Waals surface area (Å²) in [6, 6.07) is 0. The SMILES string of the molecule is CC(C)c1nc([C@@H]2CC=CC[C@@H]2C(=O)O)n(C)n1. The number of carboxylic acids is 1. The molecule has 0 radical (unpaired) electrons. The van der Waals surface area contributed by atoms with E-state index in [0.717, 1.165) is 18.1 Å². The van der Waals surface area contributed by atoms with Gasteiger partial charge in [-0.25, -0.2) is 4.98 Å². The van der Waals surface area contributed by atoms with E-state index in [1.807, 2.05) is 33.0 Å². The van der Waals surface area contributed by atoms with Crippen LogP contribution in [0.3, 0.4) is 0 Å². The van der Waals surface area contributed by atoms with Gasteiger partial charge in [0.2, 0.25) is 0 Å². The van der Waals surface area contributed by atoms with Gasteiger partial charge in [0.05, 0.1) is 5.92 Å². The first-order valence-electron chi connectivity index (χ1n) is 6.29. The van der Waals surface area contributed by atoms with Gasteiger partial charge in [0.1, 0.15) is 5.82 Å². The number of aromatic nitrogens is 3. The highest BCUT2D eigenvalue weighted by Crippen LogP contribution is 2.34. The Morgan fingerprint density at radius 2 is 2.11 bits per heavy atom. The van der Waals surface area contributed by atoms with Gasteiger partial charge in [-0.1, -0.05) is 26.0 Å². The predicted octanol–water partition coefficient (Wildman–Crippen LogP) is 2.07. The standard InChI is InChI=1S/C13H19N3O2/c1-8(2)11-14-12(16(3)15-11)9-6-4-5-7-10(9)13(17)18/h4-5,8-10H,6-7H2,1-3H3,(H,17,18)/t9-,10+/m1/s1. The highest BCUT2D eigenvalue weighted by Gasteiger charge is 2.33. The molecule has 2 atom stereocenters. The Labute approximate surface area is 107 Å². The number of hydrogen-bond acceptors (Lipinski definition) is 3. The number of nitrogens with zero attached hydrogens (tertiary/aromatic N) is 3. The van der Waals surface area contributed by atoms with Gasteiger partial charge in [0, 0.05) is 18.9 Å². The maximum Gasteiger partial charge on any atom is 0.307 e. The van der Waals surface area contributed by atoms with Gasteiger partial charge in [-0.3, -0.25) is 9.48 Å². The van der Waals surface area contributed by atoms with E-state index in [9.17, 15) is 9.90 Å². The largest absolute Gasteiger partial charge is 0.481 e. The number of aryl methyl sites for hydroxylation is 1. The second kappa shape index (κ2) is 4.92. The van der Waals surface area contributed by atoms with Crippen molar-refractivity contribution < 1.29 is 9.90 Å². The van der Waals surface area contributed by atoms with Gasteiger partial charge in [-0.05, 0) is 12.8 Å². The molecular weight excluding hydrogens is 230 g/mol. The summed E-state index contributed by atoms with van der Waals surface area (Å²) in [5.41, 5.74) is 0. The van der Waals surface area contributed by atoms with Crippen LogP contribution in [0.5, 0.6) is 0 Å². The molecule has 1 aliphatic carbocycles. The van der Waals surface area contributed by atoms with E-state index in [1.54, 1.807) is 4.68 Å². The van der Waals surface area contributed by atoms with Crippen LogP contribution in [-0.2, 0) is 11.8 Å². The summed E-state index contributed by atoms with van der Waals surface area (Å²) in [4.78, 5) is 15.8. The van der Waals surface area contributed by atoms with E-state index in [4.69, 9.17) is 0 Å². The van der Waals surface area contributed by atoms with Gasteiger partial charge in [0.15, 0.2) is 5.82 Å². The molecule has 0 saturated heterocycles. The molecule has 5 heteroatoms. The average Bonchev–Trinajstić information content (AvgIpc) is 2.71. The molecule has 5 nitrogen and oxygen atoms in total. The molecule has 1 aromatic heterocycles. The Morgan fingerprint density at radius 3 is 2.67 bits per heavy atom. The van der Waals surface area contributed by atoms with E-state index in [-0.39, 0.29) is 11.8 Å². The molecule has 0 aliphatic heterocycles. The Bertz CT molecular complexity index is 477. The van der Waals surface area contributed by atoms with Crippen LogP contribution in [0.2, 0.25) is 0 Å². The average molecular weight is 249 g/mol. The van der Waals surface area contributed by atoms with Gasteiger partial charge < -0.3 is 5.11 Å². The minimum absolute atomic E-state index is 0.0718. The van der Waals surface area contributed by atoms with Gasteiger partial charge >= 0.3 is 5.97 Å². The van der Waals surface area contributed by atoms with Crippen molar-refractivity contribution in [1.29, 1.82) is 0 Å². The van der Waals surface area contributed by atoms with Crippen molar-refractivity contribution in [3.63, 3.8) is 0 Å². The lowest BCUT2D eigenvalue weighted by molar-refractivity contribution is -0.142. The Hall–Kier alpha value is -1.65. The molecule has 0 unspecified atom stereocenters. The van der Waals surface area contributed by atoms with E-state index >= 15 is 0 Å². The second-order valence-corrected chi connectivity index (χ2v) is 5.10. The number of carboxylic acid groups (broad SMARTS) is 1. The van der Waals surface area contributed by atoms with E-state index in [0.29, 0.717) is 6.42 Å². The summed E-state index contributed by atoms with van der Waals surface area (Å²) in [5.74, 6) is 0.614. The summed E-state index contributed by atoms with van der Waals surface area (Å²) >= 11 is 0.